The van der Waals surface area contributed by atoms with E-state index in [-0.39, 0.29) is 11.9 Å². The van der Waals surface area contributed by atoms with E-state index >= 15 is 0 Å². The number of nitrogen functional groups attached to an aromatic ring is 1. The van der Waals surface area contributed by atoms with Gasteiger partial charge in [0.15, 0.2) is 0 Å². The van der Waals surface area contributed by atoms with Gasteiger partial charge in [0.25, 0.3) is 5.91 Å². The summed E-state index contributed by atoms with van der Waals surface area (Å²) in [7, 11) is 0. The highest BCUT2D eigenvalue weighted by Gasteiger charge is 2.10. The lowest BCUT2D eigenvalue weighted by Gasteiger charge is -2.12. The van der Waals surface area contributed by atoms with Crippen LogP contribution in [0.5, 0.6) is 0 Å². The molecule has 1 amide bonds. The second-order valence-electron chi connectivity index (χ2n) is 3.60. The molecule has 16 heavy (non-hydrogen) atoms. The number of amides is 1. The summed E-state index contributed by atoms with van der Waals surface area (Å²) in [6.07, 6.45) is 2.01. The Morgan fingerprint density at radius 3 is 2.81 bits per heavy atom. The van der Waals surface area contributed by atoms with Crippen LogP contribution in [0, 0.1) is 0 Å². The first-order valence-corrected chi connectivity index (χ1v) is 7.07. The third-order valence-corrected chi connectivity index (χ3v) is 3.27. The molecule has 0 heterocycles. The molecule has 0 saturated heterocycles. The molecular weight excluding hydrogens is 288 g/mol. The summed E-state index contributed by atoms with van der Waals surface area (Å²) in [6, 6.07) is 5.36. The highest BCUT2D eigenvalue weighted by molar-refractivity contribution is 9.10. The number of anilines is 1. The molecule has 3 nitrogen and oxygen atoms in total. The minimum atomic E-state index is -0.0884. The predicted molar refractivity (Wildman–Crippen MR) is 73.9 cm³/mol. The van der Waals surface area contributed by atoms with Crippen LogP contribution in [0.2, 0.25) is 0 Å². The second-order valence-corrected chi connectivity index (χ2v) is 5.43. The standard InChI is InChI=1S/C11H15BrN2OS/c1-7(6-16-2)14-11(15)8-3-9(12)5-10(13)4-8/h3-5,7H,6,13H2,1-2H3,(H,14,15). The number of benzene rings is 1. The van der Waals surface area contributed by atoms with Crippen molar-refractivity contribution in [1.82, 2.24) is 5.32 Å². The predicted octanol–water partition coefficient (Wildman–Crippen LogP) is 2.51. The summed E-state index contributed by atoms with van der Waals surface area (Å²) in [4.78, 5) is 11.8. The summed E-state index contributed by atoms with van der Waals surface area (Å²) in [6.45, 7) is 1.98. The maximum absolute atomic E-state index is 11.8. The van der Waals surface area contributed by atoms with Crippen LogP contribution < -0.4 is 11.1 Å². The largest absolute Gasteiger partial charge is 0.399 e. The van der Waals surface area contributed by atoms with Crippen LogP contribution in [-0.4, -0.2) is 24.0 Å². The van der Waals surface area contributed by atoms with Gasteiger partial charge in [0.1, 0.15) is 0 Å². The van der Waals surface area contributed by atoms with Gasteiger partial charge in [-0.3, -0.25) is 4.79 Å². The first kappa shape index (κ1) is 13.4. The fourth-order valence-electron chi connectivity index (χ4n) is 1.34. The summed E-state index contributed by atoms with van der Waals surface area (Å²) in [5.41, 5.74) is 6.84. The van der Waals surface area contributed by atoms with Gasteiger partial charge < -0.3 is 11.1 Å². The Labute approximate surface area is 108 Å². The average molecular weight is 303 g/mol. The van der Waals surface area contributed by atoms with Crippen molar-refractivity contribution in [3.63, 3.8) is 0 Å². The molecular formula is C11H15BrN2OS. The molecule has 0 spiro atoms. The fourth-order valence-corrected chi connectivity index (χ4v) is 2.44. The molecule has 1 unspecified atom stereocenters. The van der Waals surface area contributed by atoms with Crippen molar-refractivity contribution < 1.29 is 4.79 Å². The lowest BCUT2D eigenvalue weighted by atomic mass is 10.2. The molecule has 0 saturated carbocycles. The van der Waals surface area contributed by atoms with Crippen LogP contribution >= 0.6 is 27.7 Å². The lowest BCUT2D eigenvalue weighted by Crippen LogP contribution is -2.34. The molecule has 0 aliphatic heterocycles. The maximum Gasteiger partial charge on any atom is 0.251 e. The van der Waals surface area contributed by atoms with Gasteiger partial charge in [-0.1, -0.05) is 15.9 Å². The van der Waals surface area contributed by atoms with Crippen LogP contribution in [0.1, 0.15) is 17.3 Å². The highest BCUT2D eigenvalue weighted by atomic mass is 79.9. The molecule has 3 N–H and O–H groups in total. The van der Waals surface area contributed by atoms with Gasteiger partial charge in [0.05, 0.1) is 0 Å². The SMILES string of the molecule is CSCC(C)NC(=O)c1cc(N)cc(Br)c1. The number of rotatable bonds is 4. The quantitative estimate of drug-likeness (QED) is 0.840. The van der Waals surface area contributed by atoms with E-state index in [9.17, 15) is 4.79 Å². The Hall–Kier alpha value is -0.680. The van der Waals surface area contributed by atoms with Crippen LogP contribution in [0.3, 0.4) is 0 Å². The number of carbonyl (C=O) groups excluding carboxylic acids is 1. The van der Waals surface area contributed by atoms with Gasteiger partial charge in [-0.05, 0) is 31.4 Å². The van der Waals surface area contributed by atoms with Crippen LogP contribution in [0.15, 0.2) is 22.7 Å². The molecule has 1 atom stereocenters. The number of carbonyl (C=O) groups is 1. The molecule has 0 aliphatic rings. The van der Waals surface area contributed by atoms with E-state index in [1.165, 1.54) is 0 Å². The zero-order valence-corrected chi connectivity index (χ0v) is 11.7. The minimum Gasteiger partial charge on any atom is -0.399 e. The van der Waals surface area contributed by atoms with Gasteiger partial charge in [-0.15, -0.1) is 0 Å². The molecule has 1 rings (SSSR count). The molecule has 0 aliphatic carbocycles. The molecule has 0 aromatic heterocycles. The zero-order chi connectivity index (χ0) is 12.1. The van der Waals surface area contributed by atoms with E-state index in [0.29, 0.717) is 11.3 Å². The van der Waals surface area contributed by atoms with Crippen LogP contribution in [0.4, 0.5) is 5.69 Å². The minimum absolute atomic E-state index is 0.0884. The topological polar surface area (TPSA) is 55.1 Å². The van der Waals surface area contributed by atoms with Gasteiger partial charge >= 0.3 is 0 Å². The van der Waals surface area contributed by atoms with E-state index in [4.69, 9.17) is 5.73 Å². The molecule has 88 valence electrons. The zero-order valence-electron chi connectivity index (χ0n) is 9.29. The Kier molecular flexibility index (Phi) is 5.15. The monoisotopic (exact) mass is 302 g/mol. The Morgan fingerprint density at radius 2 is 2.25 bits per heavy atom. The third kappa shape index (κ3) is 4.06. The molecule has 1 aromatic rings. The Morgan fingerprint density at radius 1 is 1.56 bits per heavy atom. The fraction of sp³-hybridized carbons (Fsp3) is 0.364. The summed E-state index contributed by atoms with van der Waals surface area (Å²) < 4.78 is 0.815. The smallest absolute Gasteiger partial charge is 0.251 e. The van der Waals surface area contributed by atoms with Gasteiger partial charge in [-0.2, -0.15) is 11.8 Å². The molecule has 0 radical (unpaired) electrons. The Balaban J connectivity index is 2.72. The van der Waals surface area contributed by atoms with Gasteiger partial charge in [0.2, 0.25) is 0 Å². The Bertz CT molecular complexity index is 364. The summed E-state index contributed by atoms with van der Waals surface area (Å²) in [5.74, 6) is 0.810. The van der Waals surface area contributed by atoms with E-state index < -0.39 is 0 Å². The number of nitrogens with two attached hydrogens (primary N) is 1. The number of thioether (sulfide) groups is 1. The van der Waals surface area contributed by atoms with E-state index in [2.05, 4.69) is 21.2 Å². The average Bonchev–Trinajstić information content (AvgIpc) is 2.16. The van der Waals surface area contributed by atoms with Crippen LogP contribution in [-0.2, 0) is 0 Å². The van der Waals surface area contributed by atoms with Crippen molar-refractivity contribution in [2.24, 2.45) is 0 Å². The summed E-state index contributed by atoms with van der Waals surface area (Å²) >= 11 is 5.02. The molecule has 0 bridgehead atoms. The highest BCUT2D eigenvalue weighted by Crippen LogP contribution is 2.17. The maximum atomic E-state index is 11.8. The normalized spacial score (nSPS) is 12.2. The van der Waals surface area contributed by atoms with Gasteiger partial charge in [-0.25, -0.2) is 0 Å². The number of halogens is 1. The van der Waals surface area contributed by atoms with Crippen molar-refractivity contribution in [3.05, 3.63) is 28.2 Å². The first-order chi connectivity index (χ1) is 7.52. The molecule has 5 heteroatoms. The van der Waals surface area contributed by atoms with Crippen molar-refractivity contribution in [2.75, 3.05) is 17.7 Å². The van der Waals surface area contributed by atoms with Crippen molar-refractivity contribution in [2.45, 2.75) is 13.0 Å². The number of hydrogen-bond donors (Lipinski definition) is 2. The van der Waals surface area contributed by atoms with E-state index in [1.54, 1.807) is 30.0 Å². The van der Waals surface area contributed by atoms with Crippen LogP contribution in [0.25, 0.3) is 0 Å². The summed E-state index contributed by atoms with van der Waals surface area (Å²) in [5, 5.41) is 2.92. The van der Waals surface area contributed by atoms with Crippen molar-refractivity contribution in [1.29, 1.82) is 0 Å². The van der Waals surface area contributed by atoms with Gasteiger partial charge in [0, 0.05) is 27.5 Å². The van der Waals surface area contributed by atoms with E-state index in [0.717, 1.165) is 10.2 Å². The molecule has 1 aromatic carbocycles. The second kappa shape index (κ2) is 6.15. The first-order valence-electron chi connectivity index (χ1n) is 4.89. The van der Waals surface area contributed by atoms with Crippen molar-refractivity contribution >= 4 is 39.3 Å². The lowest BCUT2D eigenvalue weighted by molar-refractivity contribution is 0.0944. The number of nitrogens with one attached hydrogen (secondary N) is 1. The molecule has 0 fully saturated rings. The van der Waals surface area contributed by atoms with Crippen molar-refractivity contribution in [3.8, 4) is 0 Å². The van der Waals surface area contributed by atoms with E-state index in [1.807, 2.05) is 13.2 Å². The number of hydrogen-bond acceptors (Lipinski definition) is 3. The third-order valence-electron chi connectivity index (χ3n) is 1.98.